The van der Waals surface area contributed by atoms with Gasteiger partial charge in [0.1, 0.15) is 0 Å². The monoisotopic (exact) mass is 271 g/mol. The second-order valence-corrected chi connectivity index (χ2v) is 4.70. The molecule has 1 heterocycles. The summed E-state index contributed by atoms with van der Waals surface area (Å²) >= 11 is 5.93. The van der Waals surface area contributed by atoms with E-state index in [9.17, 15) is 9.18 Å². The van der Waals surface area contributed by atoms with E-state index in [1.165, 1.54) is 19.2 Å². The van der Waals surface area contributed by atoms with Gasteiger partial charge in [-0.05, 0) is 31.4 Å². The van der Waals surface area contributed by atoms with Crippen molar-refractivity contribution < 1.29 is 13.9 Å². The van der Waals surface area contributed by atoms with E-state index in [2.05, 4.69) is 0 Å². The van der Waals surface area contributed by atoms with Crippen molar-refractivity contribution >= 4 is 17.5 Å². The maximum absolute atomic E-state index is 14.1. The zero-order valence-electron chi connectivity index (χ0n) is 10.2. The van der Waals surface area contributed by atoms with Gasteiger partial charge in [-0.1, -0.05) is 11.6 Å². The number of hydrogen-bond donors (Lipinski definition) is 0. The first-order chi connectivity index (χ1) is 8.65. The van der Waals surface area contributed by atoms with E-state index in [0.29, 0.717) is 13.1 Å². The fraction of sp³-hybridized carbons (Fsp3) is 0.462. The van der Waals surface area contributed by atoms with Crippen LogP contribution < -0.4 is 4.74 Å². The van der Waals surface area contributed by atoms with Crippen molar-refractivity contribution in [3.05, 3.63) is 28.5 Å². The molecule has 1 fully saturated rings. The fourth-order valence-corrected chi connectivity index (χ4v) is 2.37. The molecule has 2 rings (SSSR count). The molecule has 5 heteroatoms. The molecule has 0 N–H and O–H groups in total. The van der Waals surface area contributed by atoms with Gasteiger partial charge in [-0.15, -0.1) is 0 Å². The van der Waals surface area contributed by atoms with Crippen LogP contribution in [0, 0.1) is 5.82 Å². The molecule has 3 nitrogen and oxygen atoms in total. The Morgan fingerprint density at radius 1 is 1.33 bits per heavy atom. The van der Waals surface area contributed by atoms with Crippen molar-refractivity contribution in [2.24, 2.45) is 0 Å². The van der Waals surface area contributed by atoms with Gasteiger partial charge in [0.05, 0.1) is 17.7 Å². The Hall–Kier alpha value is -1.29. The summed E-state index contributed by atoms with van der Waals surface area (Å²) in [5.74, 6) is -0.989. The van der Waals surface area contributed by atoms with Gasteiger partial charge in [0, 0.05) is 13.1 Å². The second kappa shape index (κ2) is 5.57. The molecular weight excluding hydrogens is 257 g/mol. The third kappa shape index (κ3) is 2.43. The summed E-state index contributed by atoms with van der Waals surface area (Å²) in [7, 11) is 1.36. The van der Waals surface area contributed by atoms with Crippen LogP contribution in [-0.4, -0.2) is 31.0 Å². The molecule has 0 bridgehead atoms. The van der Waals surface area contributed by atoms with Crippen LogP contribution in [0.1, 0.15) is 29.6 Å². The average molecular weight is 272 g/mol. The smallest absolute Gasteiger partial charge is 0.258 e. The Kier molecular flexibility index (Phi) is 4.07. The SMILES string of the molecule is COc1ccc(Cl)c(C(=O)N2CCCCC2)c1F. The van der Waals surface area contributed by atoms with Gasteiger partial charge >= 0.3 is 0 Å². The lowest BCUT2D eigenvalue weighted by Crippen LogP contribution is -2.36. The standard InChI is InChI=1S/C13H15ClFNO2/c1-18-10-6-5-9(14)11(12(10)15)13(17)16-7-3-2-4-8-16/h5-6H,2-4,7-8H2,1H3. The van der Waals surface area contributed by atoms with Gasteiger partial charge in [0.15, 0.2) is 11.6 Å². The molecule has 0 saturated carbocycles. The van der Waals surface area contributed by atoms with Crippen molar-refractivity contribution in [1.29, 1.82) is 0 Å². The number of benzene rings is 1. The molecule has 0 radical (unpaired) electrons. The Balaban J connectivity index is 2.34. The van der Waals surface area contributed by atoms with E-state index >= 15 is 0 Å². The molecule has 1 aromatic carbocycles. The Morgan fingerprint density at radius 3 is 2.61 bits per heavy atom. The predicted molar refractivity (Wildman–Crippen MR) is 67.7 cm³/mol. The van der Waals surface area contributed by atoms with Crippen molar-refractivity contribution in [3.8, 4) is 5.75 Å². The normalized spacial score (nSPS) is 15.6. The number of rotatable bonds is 2. The topological polar surface area (TPSA) is 29.5 Å². The van der Waals surface area contributed by atoms with Crippen LogP contribution in [0.4, 0.5) is 4.39 Å². The van der Waals surface area contributed by atoms with E-state index < -0.39 is 5.82 Å². The van der Waals surface area contributed by atoms with Crippen LogP contribution in [0.5, 0.6) is 5.75 Å². The number of halogens is 2. The Labute approximate surface area is 110 Å². The number of methoxy groups -OCH3 is 1. The third-order valence-electron chi connectivity index (χ3n) is 3.13. The molecule has 0 aliphatic carbocycles. The highest BCUT2D eigenvalue weighted by atomic mass is 35.5. The summed E-state index contributed by atoms with van der Waals surface area (Å²) in [5.41, 5.74) is -0.0853. The van der Waals surface area contributed by atoms with Crippen LogP contribution in [0.2, 0.25) is 5.02 Å². The summed E-state index contributed by atoms with van der Waals surface area (Å²) < 4.78 is 19.0. The minimum atomic E-state index is -0.680. The van der Waals surface area contributed by atoms with E-state index in [4.69, 9.17) is 16.3 Å². The van der Waals surface area contributed by atoms with Crippen LogP contribution in [-0.2, 0) is 0 Å². The molecule has 0 spiro atoms. The minimum Gasteiger partial charge on any atom is -0.494 e. The fourth-order valence-electron chi connectivity index (χ4n) is 2.14. The summed E-state index contributed by atoms with van der Waals surface area (Å²) in [5, 5.41) is 0.129. The lowest BCUT2D eigenvalue weighted by molar-refractivity contribution is 0.0719. The molecule has 1 saturated heterocycles. The van der Waals surface area contributed by atoms with Gasteiger partial charge in [-0.25, -0.2) is 4.39 Å². The first-order valence-electron chi connectivity index (χ1n) is 5.96. The predicted octanol–water partition coefficient (Wildman–Crippen LogP) is 3.11. The quantitative estimate of drug-likeness (QED) is 0.827. The molecule has 1 aliphatic rings. The zero-order chi connectivity index (χ0) is 13.1. The van der Waals surface area contributed by atoms with E-state index in [-0.39, 0.29) is 22.2 Å². The maximum atomic E-state index is 14.1. The molecule has 0 aromatic heterocycles. The first-order valence-corrected chi connectivity index (χ1v) is 6.34. The first kappa shape index (κ1) is 13.1. The van der Waals surface area contributed by atoms with Crippen LogP contribution in [0.15, 0.2) is 12.1 Å². The van der Waals surface area contributed by atoms with Gasteiger partial charge < -0.3 is 9.64 Å². The molecule has 0 unspecified atom stereocenters. The molecule has 18 heavy (non-hydrogen) atoms. The average Bonchev–Trinajstić information content (AvgIpc) is 2.40. The number of carbonyl (C=O) groups excluding carboxylic acids is 1. The van der Waals surface area contributed by atoms with Gasteiger partial charge in [0.2, 0.25) is 0 Å². The van der Waals surface area contributed by atoms with Crippen LogP contribution in [0.25, 0.3) is 0 Å². The van der Waals surface area contributed by atoms with Crippen molar-refractivity contribution in [3.63, 3.8) is 0 Å². The van der Waals surface area contributed by atoms with Gasteiger partial charge in [0.25, 0.3) is 5.91 Å². The van der Waals surface area contributed by atoms with Crippen molar-refractivity contribution in [2.75, 3.05) is 20.2 Å². The van der Waals surface area contributed by atoms with E-state index in [0.717, 1.165) is 19.3 Å². The van der Waals surface area contributed by atoms with E-state index in [1.807, 2.05) is 0 Å². The zero-order valence-corrected chi connectivity index (χ0v) is 11.0. The summed E-state index contributed by atoms with van der Waals surface area (Å²) in [6.07, 6.45) is 3.02. The highest BCUT2D eigenvalue weighted by molar-refractivity contribution is 6.33. The molecule has 98 valence electrons. The number of ether oxygens (including phenoxy) is 1. The number of amides is 1. The lowest BCUT2D eigenvalue weighted by atomic mass is 10.1. The van der Waals surface area contributed by atoms with Gasteiger partial charge in [-0.3, -0.25) is 4.79 Å². The van der Waals surface area contributed by atoms with Crippen LogP contribution >= 0.6 is 11.6 Å². The van der Waals surface area contributed by atoms with Crippen LogP contribution in [0.3, 0.4) is 0 Å². The third-order valence-corrected chi connectivity index (χ3v) is 3.45. The molecule has 0 atom stereocenters. The summed E-state index contributed by atoms with van der Waals surface area (Å²) in [6, 6.07) is 2.91. The Morgan fingerprint density at radius 2 is 2.00 bits per heavy atom. The number of carbonyl (C=O) groups is 1. The maximum Gasteiger partial charge on any atom is 0.258 e. The molecule has 1 aliphatic heterocycles. The Bertz CT molecular complexity index is 459. The minimum absolute atomic E-state index is 0.0414. The number of hydrogen-bond acceptors (Lipinski definition) is 2. The highest BCUT2D eigenvalue weighted by Crippen LogP contribution is 2.28. The number of likely N-dealkylation sites (tertiary alicyclic amines) is 1. The van der Waals surface area contributed by atoms with Crippen molar-refractivity contribution in [1.82, 2.24) is 4.90 Å². The number of piperidine rings is 1. The van der Waals surface area contributed by atoms with Crippen molar-refractivity contribution in [2.45, 2.75) is 19.3 Å². The number of nitrogens with zero attached hydrogens (tertiary/aromatic N) is 1. The summed E-state index contributed by atoms with van der Waals surface area (Å²) in [4.78, 5) is 13.9. The molecular formula is C13H15ClFNO2. The highest BCUT2D eigenvalue weighted by Gasteiger charge is 2.25. The largest absolute Gasteiger partial charge is 0.494 e. The second-order valence-electron chi connectivity index (χ2n) is 4.29. The molecule has 1 amide bonds. The van der Waals surface area contributed by atoms with Gasteiger partial charge in [-0.2, -0.15) is 0 Å². The molecule has 1 aromatic rings. The lowest BCUT2D eigenvalue weighted by Gasteiger charge is -2.27. The summed E-state index contributed by atoms with van der Waals surface area (Å²) in [6.45, 7) is 1.32. The van der Waals surface area contributed by atoms with E-state index in [1.54, 1.807) is 4.90 Å².